The van der Waals surface area contributed by atoms with Gasteiger partial charge in [-0.25, -0.2) is 4.98 Å². The van der Waals surface area contributed by atoms with Crippen LogP contribution in [0.3, 0.4) is 0 Å². The monoisotopic (exact) mass is 237 g/mol. The molecule has 1 aliphatic rings. The molecule has 1 fully saturated rings. The van der Waals surface area contributed by atoms with E-state index in [-0.39, 0.29) is 5.41 Å². The summed E-state index contributed by atoms with van der Waals surface area (Å²) >= 11 is 0. The Bertz CT molecular complexity index is 346. The van der Waals surface area contributed by atoms with E-state index in [9.17, 15) is 0 Å². The molecule has 0 spiro atoms. The first-order valence-corrected chi connectivity index (χ1v) is 6.44. The van der Waals surface area contributed by atoms with Gasteiger partial charge in [0.05, 0.1) is 12.7 Å². The summed E-state index contributed by atoms with van der Waals surface area (Å²) in [5.41, 5.74) is 0.0472. The quantitative estimate of drug-likeness (QED) is 0.851. The van der Waals surface area contributed by atoms with Gasteiger partial charge in [-0.15, -0.1) is 0 Å². The Hall–Kier alpha value is -0.870. The number of nitrogens with one attached hydrogen (secondary N) is 1. The van der Waals surface area contributed by atoms with Crippen molar-refractivity contribution in [3.8, 4) is 0 Å². The average molecular weight is 237 g/mol. The maximum Gasteiger partial charge on any atom is 0.208 e. The van der Waals surface area contributed by atoms with E-state index in [0.29, 0.717) is 0 Å². The van der Waals surface area contributed by atoms with Crippen LogP contribution in [0.25, 0.3) is 0 Å². The lowest BCUT2D eigenvalue weighted by Crippen LogP contribution is -2.27. The van der Waals surface area contributed by atoms with E-state index in [1.54, 1.807) is 0 Å². The van der Waals surface area contributed by atoms with Crippen molar-refractivity contribution in [2.24, 2.45) is 0 Å². The van der Waals surface area contributed by atoms with Crippen LogP contribution in [0.5, 0.6) is 0 Å². The first-order valence-electron chi connectivity index (χ1n) is 6.44. The molecule has 1 aliphatic heterocycles. The Morgan fingerprint density at radius 1 is 1.35 bits per heavy atom. The van der Waals surface area contributed by atoms with Crippen molar-refractivity contribution in [1.82, 2.24) is 15.2 Å². The zero-order chi connectivity index (χ0) is 12.3. The molecule has 2 heterocycles. The zero-order valence-electron chi connectivity index (χ0n) is 11.1. The van der Waals surface area contributed by atoms with Crippen molar-refractivity contribution in [3.63, 3.8) is 0 Å². The molecule has 17 heavy (non-hydrogen) atoms. The third kappa shape index (κ3) is 3.54. The van der Waals surface area contributed by atoms with Gasteiger partial charge in [0.2, 0.25) is 5.89 Å². The van der Waals surface area contributed by atoms with E-state index < -0.39 is 0 Å². The Labute approximate surface area is 103 Å². The van der Waals surface area contributed by atoms with Crippen LogP contribution >= 0.6 is 0 Å². The SMILES string of the molecule is CC(C)(C)c1cnc(CN2CCCNCC2)o1. The second-order valence-electron chi connectivity index (χ2n) is 5.75. The highest BCUT2D eigenvalue weighted by Gasteiger charge is 2.20. The van der Waals surface area contributed by atoms with Crippen LogP contribution in [0.4, 0.5) is 0 Å². The van der Waals surface area contributed by atoms with Gasteiger partial charge in [-0.3, -0.25) is 4.90 Å². The second kappa shape index (κ2) is 5.19. The van der Waals surface area contributed by atoms with E-state index >= 15 is 0 Å². The summed E-state index contributed by atoms with van der Waals surface area (Å²) in [5, 5.41) is 3.40. The van der Waals surface area contributed by atoms with Crippen LogP contribution < -0.4 is 5.32 Å². The maximum absolute atomic E-state index is 5.82. The van der Waals surface area contributed by atoms with Gasteiger partial charge < -0.3 is 9.73 Å². The third-order valence-electron chi connectivity index (χ3n) is 3.08. The topological polar surface area (TPSA) is 41.3 Å². The summed E-state index contributed by atoms with van der Waals surface area (Å²) in [5.74, 6) is 1.82. The van der Waals surface area contributed by atoms with Gasteiger partial charge in [0.25, 0.3) is 0 Å². The number of hydrogen-bond donors (Lipinski definition) is 1. The number of rotatable bonds is 2. The molecule has 0 amide bonds. The minimum Gasteiger partial charge on any atom is -0.444 e. The fourth-order valence-electron chi connectivity index (χ4n) is 1.98. The highest BCUT2D eigenvalue weighted by Crippen LogP contribution is 2.23. The standard InChI is InChI=1S/C13H23N3O/c1-13(2,3)11-9-15-12(17-11)10-16-7-4-5-14-6-8-16/h9,14H,4-8,10H2,1-3H3. The highest BCUT2D eigenvalue weighted by molar-refractivity contribution is 5.05. The van der Waals surface area contributed by atoms with Crippen LogP contribution in [-0.2, 0) is 12.0 Å². The summed E-state index contributed by atoms with van der Waals surface area (Å²) < 4.78 is 5.82. The molecule has 0 aromatic carbocycles. The maximum atomic E-state index is 5.82. The zero-order valence-corrected chi connectivity index (χ0v) is 11.1. The van der Waals surface area contributed by atoms with Gasteiger partial charge in [0.15, 0.2) is 0 Å². The summed E-state index contributed by atoms with van der Waals surface area (Å²) in [7, 11) is 0. The molecular formula is C13H23N3O. The first-order chi connectivity index (χ1) is 8.05. The molecule has 0 bridgehead atoms. The Morgan fingerprint density at radius 3 is 2.88 bits per heavy atom. The van der Waals surface area contributed by atoms with E-state index in [1.165, 1.54) is 6.42 Å². The van der Waals surface area contributed by atoms with Crippen molar-refractivity contribution in [1.29, 1.82) is 0 Å². The summed E-state index contributed by atoms with van der Waals surface area (Å²) in [6, 6.07) is 0. The van der Waals surface area contributed by atoms with E-state index in [2.05, 4.69) is 36.0 Å². The second-order valence-corrected chi connectivity index (χ2v) is 5.75. The molecule has 1 saturated heterocycles. The largest absolute Gasteiger partial charge is 0.444 e. The molecular weight excluding hydrogens is 214 g/mol. The van der Waals surface area contributed by atoms with Gasteiger partial charge in [-0.2, -0.15) is 0 Å². The lowest BCUT2D eigenvalue weighted by atomic mass is 9.94. The van der Waals surface area contributed by atoms with Crippen molar-refractivity contribution in [2.45, 2.75) is 39.2 Å². The molecule has 1 aromatic heterocycles. The minimum atomic E-state index is 0.0472. The van der Waals surface area contributed by atoms with E-state index in [4.69, 9.17) is 4.42 Å². The lowest BCUT2D eigenvalue weighted by Gasteiger charge is -2.17. The first kappa shape index (κ1) is 12.6. The third-order valence-corrected chi connectivity index (χ3v) is 3.08. The number of aromatic nitrogens is 1. The van der Waals surface area contributed by atoms with Gasteiger partial charge in [-0.1, -0.05) is 20.8 Å². The lowest BCUT2D eigenvalue weighted by molar-refractivity contribution is 0.246. The molecule has 0 saturated carbocycles. The van der Waals surface area contributed by atoms with E-state index in [0.717, 1.165) is 44.4 Å². The molecule has 4 nitrogen and oxygen atoms in total. The van der Waals surface area contributed by atoms with Crippen molar-refractivity contribution in [3.05, 3.63) is 17.8 Å². The van der Waals surface area contributed by atoms with Crippen LogP contribution in [0.1, 0.15) is 38.8 Å². The van der Waals surface area contributed by atoms with Gasteiger partial charge in [0.1, 0.15) is 5.76 Å². The normalized spacial score (nSPS) is 19.2. The molecule has 1 aromatic rings. The average Bonchev–Trinajstić information content (AvgIpc) is 2.56. The van der Waals surface area contributed by atoms with Crippen LogP contribution in [0.15, 0.2) is 10.6 Å². The molecule has 4 heteroatoms. The predicted octanol–water partition coefficient (Wildman–Crippen LogP) is 1.77. The number of hydrogen-bond acceptors (Lipinski definition) is 4. The Balaban J connectivity index is 1.96. The molecule has 0 atom stereocenters. The molecule has 96 valence electrons. The number of oxazole rings is 1. The molecule has 0 aliphatic carbocycles. The van der Waals surface area contributed by atoms with Gasteiger partial charge in [-0.05, 0) is 19.5 Å². The van der Waals surface area contributed by atoms with E-state index in [1.807, 2.05) is 6.20 Å². The fraction of sp³-hybridized carbons (Fsp3) is 0.769. The van der Waals surface area contributed by atoms with Gasteiger partial charge >= 0.3 is 0 Å². The summed E-state index contributed by atoms with van der Waals surface area (Å²) in [6.45, 7) is 11.7. The van der Waals surface area contributed by atoms with Crippen molar-refractivity contribution >= 4 is 0 Å². The Morgan fingerprint density at radius 2 is 2.18 bits per heavy atom. The number of nitrogens with zero attached hydrogens (tertiary/aromatic N) is 2. The molecule has 0 unspecified atom stereocenters. The van der Waals surface area contributed by atoms with Gasteiger partial charge in [0, 0.05) is 18.5 Å². The summed E-state index contributed by atoms with van der Waals surface area (Å²) in [6.07, 6.45) is 3.07. The summed E-state index contributed by atoms with van der Waals surface area (Å²) in [4.78, 5) is 6.78. The van der Waals surface area contributed by atoms with Crippen molar-refractivity contribution < 1.29 is 4.42 Å². The van der Waals surface area contributed by atoms with Crippen LogP contribution in [-0.4, -0.2) is 36.1 Å². The molecule has 2 rings (SSSR count). The highest BCUT2D eigenvalue weighted by atomic mass is 16.4. The minimum absolute atomic E-state index is 0.0472. The smallest absolute Gasteiger partial charge is 0.208 e. The molecule has 0 radical (unpaired) electrons. The fourth-order valence-corrected chi connectivity index (χ4v) is 1.98. The van der Waals surface area contributed by atoms with Crippen LogP contribution in [0.2, 0.25) is 0 Å². The predicted molar refractivity (Wildman–Crippen MR) is 68.0 cm³/mol. The Kier molecular flexibility index (Phi) is 3.84. The van der Waals surface area contributed by atoms with Crippen LogP contribution in [0, 0.1) is 0 Å². The van der Waals surface area contributed by atoms with Crippen molar-refractivity contribution in [2.75, 3.05) is 26.2 Å². The molecule has 1 N–H and O–H groups in total.